The predicted octanol–water partition coefficient (Wildman–Crippen LogP) is 1.24. The van der Waals surface area contributed by atoms with Crippen molar-refractivity contribution in [1.82, 2.24) is 5.32 Å². The number of carboxylic acids is 1. The minimum atomic E-state index is -0.784. The van der Waals surface area contributed by atoms with Gasteiger partial charge < -0.3 is 5.11 Å². The standard InChI is InChI=1S/C8H17NO2/c1-5-8(4,7(10)11)9-6(2)3/h6,9H,5H2,1-4H3,(H,10,11)/t8-/m0/s1. The van der Waals surface area contributed by atoms with Crippen LogP contribution >= 0.6 is 0 Å². The highest BCUT2D eigenvalue weighted by molar-refractivity contribution is 5.78. The largest absolute Gasteiger partial charge is 0.480 e. The summed E-state index contributed by atoms with van der Waals surface area (Å²) in [5, 5.41) is 11.8. The highest BCUT2D eigenvalue weighted by Crippen LogP contribution is 2.09. The van der Waals surface area contributed by atoms with Crippen molar-refractivity contribution >= 4 is 5.97 Å². The van der Waals surface area contributed by atoms with Gasteiger partial charge in [-0.15, -0.1) is 0 Å². The van der Waals surface area contributed by atoms with E-state index in [4.69, 9.17) is 5.11 Å². The molecule has 0 radical (unpaired) electrons. The molecule has 0 saturated carbocycles. The lowest BCUT2D eigenvalue weighted by Crippen LogP contribution is -2.51. The summed E-state index contributed by atoms with van der Waals surface area (Å²) in [5.74, 6) is -0.784. The number of rotatable bonds is 4. The second-order valence-electron chi connectivity index (χ2n) is 3.29. The topological polar surface area (TPSA) is 49.3 Å². The molecule has 11 heavy (non-hydrogen) atoms. The van der Waals surface area contributed by atoms with Crippen LogP contribution in [-0.4, -0.2) is 22.7 Å². The molecule has 0 saturated heterocycles. The Labute approximate surface area is 67.8 Å². The van der Waals surface area contributed by atoms with Gasteiger partial charge in [0.2, 0.25) is 0 Å². The highest BCUT2D eigenvalue weighted by atomic mass is 16.4. The van der Waals surface area contributed by atoms with Gasteiger partial charge in [-0.3, -0.25) is 10.1 Å². The first-order chi connectivity index (χ1) is 4.92. The summed E-state index contributed by atoms with van der Waals surface area (Å²) in [4.78, 5) is 10.7. The Morgan fingerprint density at radius 1 is 1.64 bits per heavy atom. The van der Waals surface area contributed by atoms with Crippen LogP contribution in [0.3, 0.4) is 0 Å². The zero-order chi connectivity index (χ0) is 9.07. The third-order valence-electron chi connectivity index (χ3n) is 1.79. The van der Waals surface area contributed by atoms with Gasteiger partial charge in [0.25, 0.3) is 0 Å². The van der Waals surface area contributed by atoms with E-state index >= 15 is 0 Å². The van der Waals surface area contributed by atoms with E-state index in [-0.39, 0.29) is 6.04 Å². The zero-order valence-electron chi connectivity index (χ0n) is 7.64. The van der Waals surface area contributed by atoms with Crippen molar-refractivity contribution in [2.75, 3.05) is 0 Å². The molecule has 0 rings (SSSR count). The van der Waals surface area contributed by atoms with Crippen LogP contribution in [-0.2, 0) is 4.79 Å². The summed E-state index contributed by atoms with van der Waals surface area (Å²) < 4.78 is 0. The van der Waals surface area contributed by atoms with Crippen molar-refractivity contribution in [3.63, 3.8) is 0 Å². The molecule has 0 amide bonds. The smallest absolute Gasteiger partial charge is 0.323 e. The molecule has 0 aliphatic carbocycles. The van der Waals surface area contributed by atoms with Gasteiger partial charge in [0.05, 0.1) is 0 Å². The Hall–Kier alpha value is -0.570. The second kappa shape index (κ2) is 3.72. The van der Waals surface area contributed by atoms with Gasteiger partial charge in [-0.25, -0.2) is 0 Å². The molecule has 0 spiro atoms. The average Bonchev–Trinajstić information content (AvgIpc) is 1.86. The Balaban J connectivity index is 4.22. The Bertz CT molecular complexity index is 145. The van der Waals surface area contributed by atoms with Crippen LogP contribution in [0.5, 0.6) is 0 Å². The number of carbonyl (C=O) groups is 1. The van der Waals surface area contributed by atoms with E-state index < -0.39 is 11.5 Å². The van der Waals surface area contributed by atoms with Crippen molar-refractivity contribution in [3.8, 4) is 0 Å². The van der Waals surface area contributed by atoms with E-state index in [9.17, 15) is 4.79 Å². The van der Waals surface area contributed by atoms with Gasteiger partial charge in [-0.05, 0) is 27.2 Å². The lowest BCUT2D eigenvalue weighted by molar-refractivity contribution is -0.144. The molecule has 3 heteroatoms. The van der Waals surface area contributed by atoms with Gasteiger partial charge in [-0.1, -0.05) is 6.92 Å². The molecule has 0 aromatic heterocycles. The van der Waals surface area contributed by atoms with Gasteiger partial charge in [-0.2, -0.15) is 0 Å². The monoisotopic (exact) mass is 159 g/mol. The van der Waals surface area contributed by atoms with Crippen LogP contribution < -0.4 is 5.32 Å². The number of nitrogens with one attached hydrogen (secondary N) is 1. The van der Waals surface area contributed by atoms with E-state index in [0.717, 1.165) is 0 Å². The third-order valence-corrected chi connectivity index (χ3v) is 1.79. The van der Waals surface area contributed by atoms with E-state index in [0.29, 0.717) is 6.42 Å². The zero-order valence-corrected chi connectivity index (χ0v) is 7.64. The lowest BCUT2D eigenvalue weighted by atomic mass is 9.98. The molecule has 0 aromatic carbocycles. The molecule has 0 heterocycles. The minimum Gasteiger partial charge on any atom is -0.480 e. The summed E-state index contributed by atoms with van der Waals surface area (Å²) in [6, 6.07) is 0.205. The Morgan fingerprint density at radius 2 is 2.09 bits per heavy atom. The number of hydrogen-bond acceptors (Lipinski definition) is 2. The molecule has 0 unspecified atom stereocenters. The van der Waals surface area contributed by atoms with Crippen molar-refractivity contribution in [3.05, 3.63) is 0 Å². The van der Waals surface area contributed by atoms with Gasteiger partial charge in [0.1, 0.15) is 5.54 Å². The maximum absolute atomic E-state index is 10.7. The summed E-state index contributed by atoms with van der Waals surface area (Å²) >= 11 is 0. The van der Waals surface area contributed by atoms with Crippen LogP contribution in [0.1, 0.15) is 34.1 Å². The van der Waals surface area contributed by atoms with Gasteiger partial charge in [0.15, 0.2) is 0 Å². The van der Waals surface area contributed by atoms with Crippen molar-refractivity contribution in [1.29, 1.82) is 0 Å². The number of aliphatic carboxylic acids is 1. The average molecular weight is 159 g/mol. The molecular formula is C8H17NO2. The van der Waals surface area contributed by atoms with Crippen LogP contribution in [0, 0.1) is 0 Å². The quantitative estimate of drug-likeness (QED) is 0.648. The van der Waals surface area contributed by atoms with Gasteiger partial charge >= 0.3 is 5.97 Å². The summed E-state index contributed by atoms with van der Waals surface area (Å²) in [7, 11) is 0. The molecule has 0 aliphatic heterocycles. The minimum absolute atomic E-state index is 0.205. The molecule has 0 fully saturated rings. The molecule has 2 N–H and O–H groups in total. The summed E-state index contributed by atoms with van der Waals surface area (Å²) in [6.07, 6.45) is 0.598. The van der Waals surface area contributed by atoms with Crippen molar-refractivity contribution in [2.24, 2.45) is 0 Å². The van der Waals surface area contributed by atoms with Crippen LogP contribution in [0.15, 0.2) is 0 Å². The van der Waals surface area contributed by atoms with E-state index in [1.165, 1.54) is 0 Å². The molecule has 66 valence electrons. The first kappa shape index (κ1) is 10.4. The fraction of sp³-hybridized carbons (Fsp3) is 0.875. The highest BCUT2D eigenvalue weighted by Gasteiger charge is 2.30. The normalized spacial score (nSPS) is 16.5. The number of carboxylic acid groups (broad SMARTS) is 1. The van der Waals surface area contributed by atoms with E-state index in [2.05, 4.69) is 5.32 Å². The maximum atomic E-state index is 10.7. The van der Waals surface area contributed by atoms with Crippen molar-refractivity contribution < 1.29 is 9.90 Å². The van der Waals surface area contributed by atoms with Gasteiger partial charge in [0, 0.05) is 6.04 Å². The van der Waals surface area contributed by atoms with Crippen molar-refractivity contribution in [2.45, 2.75) is 45.7 Å². The Kier molecular flexibility index (Phi) is 3.52. The molecule has 1 atom stereocenters. The summed E-state index contributed by atoms with van der Waals surface area (Å²) in [5.41, 5.74) is -0.770. The molecule has 0 aliphatic rings. The first-order valence-corrected chi connectivity index (χ1v) is 3.93. The first-order valence-electron chi connectivity index (χ1n) is 3.93. The molecule has 0 aromatic rings. The molecule has 3 nitrogen and oxygen atoms in total. The third kappa shape index (κ3) is 2.89. The molecule has 0 bridgehead atoms. The SMILES string of the molecule is CC[C@](C)(NC(C)C)C(=O)O. The maximum Gasteiger partial charge on any atom is 0.323 e. The van der Waals surface area contributed by atoms with Crippen LogP contribution in [0.2, 0.25) is 0 Å². The number of hydrogen-bond donors (Lipinski definition) is 2. The summed E-state index contributed by atoms with van der Waals surface area (Å²) in [6.45, 7) is 7.45. The molecular weight excluding hydrogens is 142 g/mol. The second-order valence-corrected chi connectivity index (χ2v) is 3.29. The lowest BCUT2D eigenvalue weighted by Gasteiger charge is -2.26. The van der Waals surface area contributed by atoms with Crippen LogP contribution in [0.25, 0.3) is 0 Å². The van der Waals surface area contributed by atoms with Crippen LogP contribution in [0.4, 0.5) is 0 Å². The van der Waals surface area contributed by atoms with E-state index in [1.807, 2.05) is 20.8 Å². The van der Waals surface area contributed by atoms with E-state index in [1.54, 1.807) is 6.92 Å². The predicted molar refractivity (Wildman–Crippen MR) is 44.6 cm³/mol. The fourth-order valence-corrected chi connectivity index (χ4v) is 0.952. The fourth-order valence-electron chi connectivity index (χ4n) is 0.952. The Morgan fingerprint density at radius 3 is 2.18 bits per heavy atom.